The van der Waals surface area contributed by atoms with Gasteiger partial charge in [-0.3, -0.25) is 0 Å². The van der Waals surface area contributed by atoms with E-state index in [1.165, 1.54) is 0 Å². The number of hydrogen-bond donors (Lipinski definition) is 1. The van der Waals surface area contributed by atoms with Crippen molar-refractivity contribution < 1.29 is 8.42 Å². The van der Waals surface area contributed by atoms with Crippen LogP contribution < -0.4 is 4.72 Å². The van der Waals surface area contributed by atoms with Gasteiger partial charge < -0.3 is 0 Å². The first-order chi connectivity index (χ1) is 8.01. The SMILES string of the molecule is CCC(CCBr)NS(=O)(=O)N1CCCCC1C. The summed E-state index contributed by atoms with van der Waals surface area (Å²) in [4.78, 5) is 0. The Balaban J connectivity index is 2.65. The molecule has 1 heterocycles. The summed E-state index contributed by atoms with van der Waals surface area (Å²) in [6.45, 7) is 4.65. The lowest BCUT2D eigenvalue weighted by Crippen LogP contribution is -2.50. The number of nitrogens with one attached hydrogen (secondary N) is 1. The van der Waals surface area contributed by atoms with Crippen LogP contribution in [0.25, 0.3) is 0 Å². The molecule has 0 spiro atoms. The Kier molecular flexibility index (Phi) is 6.40. The van der Waals surface area contributed by atoms with E-state index in [4.69, 9.17) is 0 Å². The van der Waals surface area contributed by atoms with E-state index < -0.39 is 10.2 Å². The van der Waals surface area contributed by atoms with Gasteiger partial charge in [0.15, 0.2) is 0 Å². The highest BCUT2D eigenvalue weighted by Gasteiger charge is 2.30. The fourth-order valence-electron chi connectivity index (χ4n) is 2.19. The molecular formula is C11H23BrN2O2S. The van der Waals surface area contributed by atoms with E-state index in [9.17, 15) is 8.42 Å². The molecule has 1 fully saturated rings. The van der Waals surface area contributed by atoms with Crippen molar-refractivity contribution in [1.29, 1.82) is 0 Å². The molecule has 0 radical (unpaired) electrons. The summed E-state index contributed by atoms with van der Waals surface area (Å²) in [5.41, 5.74) is 0. The van der Waals surface area contributed by atoms with Crippen molar-refractivity contribution in [2.24, 2.45) is 0 Å². The second-order valence-corrected chi connectivity index (χ2v) is 7.11. The highest BCUT2D eigenvalue weighted by molar-refractivity contribution is 9.09. The van der Waals surface area contributed by atoms with Gasteiger partial charge in [0.25, 0.3) is 10.2 Å². The van der Waals surface area contributed by atoms with Gasteiger partial charge in [-0.1, -0.05) is 29.3 Å². The first kappa shape index (κ1) is 15.4. The summed E-state index contributed by atoms with van der Waals surface area (Å²) in [6, 6.07) is 0.163. The molecule has 1 saturated heterocycles. The number of alkyl halides is 1. The summed E-state index contributed by atoms with van der Waals surface area (Å²) in [5.74, 6) is 0. The molecular weight excluding hydrogens is 304 g/mol. The van der Waals surface area contributed by atoms with Crippen molar-refractivity contribution in [3.05, 3.63) is 0 Å². The Morgan fingerprint density at radius 3 is 2.71 bits per heavy atom. The van der Waals surface area contributed by atoms with Crippen molar-refractivity contribution >= 4 is 26.1 Å². The minimum Gasteiger partial charge on any atom is -0.199 e. The summed E-state index contributed by atoms with van der Waals surface area (Å²) in [5, 5.41) is 0.823. The standard InChI is InChI=1S/C11H23BrN2O2S/c1-3-11(7-8-12)13-17(15,16)14-9-5-4-6-10(14)2/h10-11,13H,3-9H2,1-2H3. The van der Waals surface area contributed by atoms with Crippen molar-refractivity contribution in [2.45, 2.75) is 58.0 Å². The van der Waals surface area contributed by atoms with Crippen molar-refractivity contribution in [2.75, 3.05) is 11.9 Å². The fraction of sp³-hybridized carbons (Fsp3) is 1.00. The van der Waals surface area contributed by atoms with Gasteiger partial charge in [-0.25, -0.2) is 0 Å². The molecule has 102 valence electrons. The second kappa shape index (κ2) is 7.07. The molecule has 0 saturated carbocycles. The minimum atomic E-state index is -3.30. The van der Waals surface area contributed by atoms with Gasteiger partial charge >= 0.3 is 0 Å². The topological polar surface area (TPSA) is 49.4 Å². The maximum absolute atomic E-state index is 12.2. The third-order valence-electron chi connectivity index (χ3n) is 3.32. The smallest absolute Gasteiger partial charge is 0.199 e. The lowest BCUT2D eigenvalue weighted by molar-refractivity contribution is 0.263. The molecule has 0 aromatic carbocycles. The molecule has 1 N–H and O–H groups in total. The molecule has 0 amide bonds. The van der Waals surface area contributed by atoms with Crippen LogP contribution in [0.15, 0.2) is 0 Å². The number of halogens is 1. The summed E-state index contributed by atoms with van der Waals surface area (Å²) >= 11 is 3.36. The average molecular weight is 327 g/mol. The fourth-order valence-corrected chi connectivity index (χ4v) is 4.53. The largest absolute Gasteiger partial charge is 0.279 e. The predicted molar refractivity (Wildman–Crippen MR) is 74.6 cm³/mol. The molecule has 0 bridgehead atoms. The van der Waals surface area contributed by atoms with Gasteiger partial charge in [-0.2, -0.15) is 17.4 Å². The molecule has 17 heavy (non-hydrogen) atoms. The Labute approximate surface area is 113 Å². The summed E-state index contributed by atoms with van der Waals surface area (Å²) in [7, 11) is -3.30. The van der Waals surface area contributed by atoms with Crippen molar-refractivity contribution in [3.63, 3.8) is 0 Å². The van der Waals surface area contributed by atoms with Gasteiger partial charge in [0.1, 0.15) is 0 Å². The van der Waals surface area contributed by atoms with Crippen LogP contribution in [-0.2, 0) is 10.2 Å². The Morgan fingerprint density at radius 1 is 1.47 bits per heavy atom. The molecule has 0 aromatic rings. The molecule has 1 aliphatic rings. The minimum absolute atomic E-state index is 0.0356. The molecule has 2 atom stereocenters. The van der Waals surface area contributed by atoms with Crippen LogP contribution >= 0.6 is 15.9 Å². The molecule has 1 aliphatic heterocycles. The lowest BCUT2D eigenvalue weighted by atomic mass is 10.1. The molecule has 6 heteroatoms. The molecule has 0 aromatic heterocycles. The van der Waals surface area contributed by atoms with E-state index in [-0.39, 0.29) is 12.1 Å². The highest BCUT2D eigenvalue weighted by Crippen LogP contribution is 2.19. The zero-order chi connectivity index (χ0) is 12.9. The first-order valence-electron chi connectivity index (χ1n) is 6.36. The Hall–Kier alpha value is 0.350. The van der Waals surface area contributed by atoms with Crippen LogP contribution in [0.4, 0.5) is 0 Å². The number of hydrogen-bond acceptors (Lipinski definition) is 2. The van der Waals surface area contributed by atoms with E-state index in [1.807, 2.05) is 13.8 Å². The van der Waals surface area contributed by atoms with Gasteiger partial charge in [0.05, 0.1) is 0 Å². The van der Waals surface area contributed by atoms with Gasteiger partial charge in [0, 0.05) is 24.0 Å². The van der Waals surface area contributed by atoms with Crippen LogP contribution in [-0.4, -0.2) is 36.7 Å². The summed E-state index contributed by atoms with van der Waals surface area (Å²) in [6.07, 6.45) is 4.73. The third-order valence-corrected chi connectivity index (χ3v) is 5.57. The molecule has 0 aliphatic carbocycles. The maximum atomic E-state index is 12.2. The van der Waals surface area contributed by atoms with E-state index in [2.05, 4.69) is 20.7 Å². The van der Waals surface area contributed by atoms with Gasteiger partial charge in [-0.05, 0) is 32.6 Å². The van der Waals surface area contributed by atoms with Crippen LogP contribution in [0, 0.1) is 0 Å². The van der Waals surface area contributed by atoms with Crippen molar-refractivity contribution in [3.8, 4) is 0 Å². The normalized spacial score (nSPS) is 24.8. The molecule has 1 rings (SSSR count). The van der Waals surface area contributed by atoms with Gasteiger partial charge in [0.2, 0.25) is 0 Å². The Bertz CT molecular complexity index is 321. The summed E-state index contributed by atoms with van der Waals surface area (Å²) < 4.78 is 28.9. The van der Waals surface area contributed by atoms with Crippen LogP contribution in [0.2, 0.25) is 0 Å². The first-order valence-corrected chi connectivity index (χ1v) is 8.92. The Morgan fingerprint density at radius 2 is 2.18 bits per heavy atom. The van der Waals surface area contributed by atoms with E-state index in [0.29, 0.717) is 6.54 Å². The predicted octanol–water partition coefficient (Wildman–Crippen LogP) is 2.26. The van der Waals surface area contributed by atoms with Crippen LogP contribution in [0.3, 0.4) is 0 Å². The highest BCUT2D eigenvalue weighted by atomic mass is 79.9. The lowest BCUT2D eigenvalue weighted by Gasteiger charge is -2.33. The number of nitrogens with zero attached hydrogens (tertiary/aromatic N) is 1. The maximum Gasteiger partial charge on any atom is 0.279 e. The second-order valence-electron chi connectivity index (χ2n) is 4.66. The quantitative estimate of drug-likeness (QED) is 0.761. The molecule has 2 unspecified atom stereocenters. The van der Waals surface area contributed by atoms with E-state index in [0.717, 1.165) is 37.4 Å². The van der Waals surface area contributed by atoms with Crippen molar-refractivity contribution in [1.82, 2.24) is 9.03 Å². The van der Waals surface area contributed by atoms with Crippen LogP contribution in [0.5, 0.6) is 0 Å². The third kappa shape index (κ3) is 4.50. The van der Waals surface area contributed by atoms with E-state index in [1.54, 1.807) is 4.31 Å². The number of piperidine rings is 1. The van der Waals surface area contributed by atoms with Gasteiger partial charge in [-0.15, -0.1) is 0 Å². The monoisotopic (exact) mass is 326 g/mol. The average Bonchev–Trinajstić information content (AvgIpc) is 2.28. The number of rotatable bonds is 6. The van der Waals surface area contributed by atoms with Crippen LogP contribution in [0.1, 0.15) is 46.0 Å². The zero-order valence-electron chi connectivity index (χ0n) is 10.7. The molecule has 4 nitrogen and oxygen atoms in total. The zero-order valence-corrected chi connectivity index (χ0v) is 13.1. The van der Waals surface area contributed by atoms with E-state index >= 15 is 0 Å².